The number of nitrogens with one attached hydrogen (secondary N) is 1. The van der Waals surface area contributed by atoms with Gasteiger partial charge < -0.3 is 9.47 Å². The van der Waals surface area contributed by atoms with Gasteiger partial charge >= 0.3 is 12.1 Å². The van der Waals surface area contributed by atoms with E-state index in [1.807, 2.05) is 36.4 Å². The summed E-state index contributed by atoms with van der Waals surface area (Å²) in [5.74, 6) is -0.359. The van der Waals surface area contributed by atoms with Crippen LogP contribution in [0.15, 0.2) is 72.8 Å². The van der Waals surface area contributed by atoms with Crippen LogP contribution in [0.3, 0.4) is 0 Å². The molecule has 1 saturated carbocycles. The van der Waals surface area contributed by atoms with Gasteiger partial charge in [0.1, 0.15) is 17.7 Å². The smallest absolute Gasteiger partial charge is 0.412 e. The number of thiophene rings is 1. The lowest BCUT2D eigenvalue weighted by Crippen LogP contribution is -2.16. The van der Waals surface area contributed by atoms with Crippen molar-refractivity contribution in [3.63, 3.8) is 0 Å². The molecule has 1 atom stereocenters. The Morgan fingerprint density at radius 3 is 2.39 bits per heavy atom. The van der Waals surface area contributed by atoms with Crippen LogP contribution in [0.1, 0.15) is 31.4 Å². The van der Waals surface area contributed by atoms with Crippen molar-refractivity contribution in [2.24, 2.45) is 5.92 Å². The van der Waals surface area contributed by atoms with Gasteiger partial charge in [-0.25, -0.2) is 9.18 Å². The van der Waals surface area contributed by atoms with Gasteiger partial charge in [-0.3, -0.25) is 10.1 Å². The minimum absolute atomic E-state index is 0.00469. The van der Waals surface area contributed by atoms with Crippen molar-refractivity contribution in [1.82, 2.24) is 0 Å². The molecule has 0 bridgehead atoms. The summed E-state index contributed by atoms with van der Waals surface area (Å²) in [5, 5.41) is 2.32. The molecule has 0 radical (unpaired) electrons. The average Bonchev–Trinajstić information content (AvgIpc) is 3.67. The van der Waals surface area contributed by atoms with Crippen LogP contribution in [0, 0.1) is 16.9 Å². The first-order valence-corrected chi connectivity index (χ1v) is 13.1. The maximum absolute atomic E-state index is 14.4. The minimum atomic E-state index is -0.904. The summed E-state index contributed by atoms with van der Waals surface area (Å²) < 4.78 is 39.4. The Balaban J connectivity index is 1.36. The lowest BCUT2D eigenvalue weighted by atomic mass is 9.98. The van der Waals surface area contributed by atoms with Crippen molar-refractivity contribution >= 4 is 40.7 Å². The Kier molecular flexibility index (Phi) is 7.44. The fourth-order valence-electron chi connectivity index (χ4n) is 4.00. The number of benzene rings is 3. The van der Waals surface area contributed by atoms with E-state index in [9.17, 15) is 18.4 Å². The number of carbonyl (C=O) groups excluding carboxylic acids is 2. The fraction of sp³-hybridized carbons (Fsp3) is 0.172. The monoisotopic (exact) mass is 553 g/mol. The van der Waals surface area contributed by atoms with E-state index in [2.05, 4.69) is 5.32 Å². The Labute approximate surface area is 227 Å². The van der Waals surface area contributed by atoms with E-state index in [4.69, 9.17) is 21.1 Å². The van der Waals surface area contributed by atoms with Gasteiger partial charge in [-0.15, -0.1) is 11.3 Å². The zero-order valence-corrected chi connectivity index (χ0v) is 21.7. The molecule has 0 spiro atoms. The summed E-state index contributed by atoms with van der Waals surface area (Å²) >= 11 is 6.67. The molecule has 5 rings (SSSR count). The van der Waals surface area contributed by atoms with Gasteiger partial charge in [0.05, 0.1) is 16.5 Å². The molecule has 1 aliphatic rings. The second-order valence-electron chi connectivity index (χ2n) is 8.90. The normalized spacial score (nSPS) is 13.6. The van der Waals surface area contributed by atoms with Gasteiger partial charge in [-0.2, -0.15) is 4.39 Å². The third-order valence-corrected chi connectivity index (χ3v) is 7.28. The van der Waals surface area contributed by atoms with Gasteiger partial charge in [0.15, 0.2) is 5.13 Å². The maximum atomic E-state index is 14.4. The highest BCUT2D eigenvalue weighted by atomic mass is 35.5. The molecule has 1 unspecified atom stereocenters. The predicted octanol–water partition coefficient (Wildman–Crippen LogP) is 8.64. The van der Waals surface area contributed by atoms with Crippen molar-refractivity contribution in [3.05, 3.63) is 94.3 Å². The van der Waals surface area contributed by atoms with Crippen LogP contribution in [0.4, 0.5) is 19.3 Å². The molecule has 3 aromatic carbocycles. The Morgan fingerprint density at radius 2 is 1.71 bits per heavy atom. The largest absolute Gasteiger partial charge is 0.441 e. The molecule has 0 aliphatic heterocycles. The van der Waals surface area contributed by atoms with Crippen LogP contribution in [-0.4, -0.2) is 12.1 Å². The first-order valence-electron chi connectivity index (χ1n) is 11.9. The van der Waals surface area contributed by atoms with Crippen molar-refractivity contribution in [3.8, 4) is 27.3 Å². The zero-order chi connectivity index (χ0) is 26.8. The summed E-state index contributed by atoms with van der Waals surface area (Å²) in [5.41, 5.74) is 2.70. The number of carbonyl (C=O) groups is 2. The molecular weight excluding hydrogens is 532 g/mol. The Hall–Kier alpha value is -3.75. The molecule has 9 heteroatoms. The van der Waals surface area contributed by atoms with Crippen LogP contribution in [0.5, 0.6) is 5.75 Å². The van der Waals surface area contributed by atoms with Crippen molar-refractivity contribution in [2.45, 2.75) is 25.9 Å². The zero-order valence-electron chi connectivity index (χ0n) is 20.2. The van der Waals surface area contributed by atoms with Crippen LogP contribution in [0.25, 0.3) is 21.6 Å². The first kappa shape index (κ1) is 25.9. The highest BCUT2D eigenvalue weighted by molar-refractivity contribution is 7.14. The lowest BCUT2D eigenvalue weighted by molar-refractivity contribution is -0.135. The molecule has 38 heavy (non-hydrogen) atoms. The number of esters is 1. The Morgan fingerprint density at radius 1 is 1.00 bits per heavy atom. The van der Waals surface area contributed by atoms with E-state index in [1.165, 1.54) is 25.1 Å². The third-order valence-electron chi connectivity index (χ3n) is 6.09. The van der Waals surface area contributed by atoms with Crippen LogP contribution < -0.4 is 10.1 Å². The number of halogens is 3. The van der Waals surface area contributed by atoms with E-state index in [0.29, 0.717) is 16.2 Å². The number of hydrogen-bond acceptors (Lipinski definition) is 5. The molecule has 5 nitrogen and oxygen atoms in total. The van der Waals surface area contributed by atoms with Crippen molar-refractivity contribution in [1.29, 1.82) is 0 Å². The average molecular weight is 554 g/mol. The maximum Gasteiger partial charge on any atom is 0.412 e. The topological polar surface area (TPSA) is 64.6 Å². The molecule has 4 aromatic rings. The van der Waals surface area contributed by atoms with Crippen molar-refractivity contribution < 1.29 is 27.8 Å². The number of anilines is 1. The molecular formula is C29H22ClF2NO4S. The summed E-state index contributed by atoms with van der Waals surface area (Å²) in [7, 11) is 0. The number of ether oxygens (including phenoxy) is 2. The number of amides is 1. The molecule has 1 aliphatic carbocycles. The standard InChI is InChI=1S/C29H22ClF2NO4S/c1-16(21-13-10-19(30)14-24(21)31)36-29(35)33-25-15-26(32)38-27(25)23-5-3-2-4-22(23)17-8-11-20(12-9-17)37-28(34)18-6-7-18/h2-5,8-16,18H,6-7H2,1H3,(H,33,35). The molecule has 1 amide bonds. The molecule has 1 N–H and O–H groups in total. The molecule has 194 valence electrons. The van der Waals surface area contributed by atoms with E-state index in [-0.39, 0.29) is 28.2 Å². The van der Waals surface area contributed by atoms with Gasteiger partial charge in [0, 0.05) is 22.2 Å². The van der Waals surface area contributed by atoms with Crippen LogP contribution in [-0.2, 0) is 9.53 Å². The number of hydrogen-bond donors (Lipinski definition) is 1. The Bertz CT molecular complexity index is 1500. The minimum Gasteiger partial charge on any atom is -0.441 e. The van der Waals surface area contributed by atoms with Gasteiger partial charge in [0.2, 0.25) is 0 Å². The summed E-state index contributed by atoms with van der Waals surface area (Å²) in [4.78, 5) is 25.1. The molecule has 0 saturated heterocycles. The van der Waals surface area contributed by atoms with Gasteiger partial charge in [-0.05, 0) is 55.2 Å². The van der Waals surface area contributed by atoms with Crippen molar-refractivity contribution in [2.75, 3.05) is 5.32 Å². The molecule has 1 fully saturated rings. The van der Waals surface area contributed by atoms with E-state index < -0.39 is 23.1 Å². The molecule has 1 heterocycles. The third kappa shape index (κ3) is 5.87. The van der Waals surface area contributed by atoms with Crippen LogP contribution >= 0.6 is 22.9 Å². The molecule has 1 aromatic heterocycles. The SMILES string of the molecule is CC(OC(=O)Nc1cc(F)sc1-c1ccccc1-c1ccc(OC(=O)C2CC2)cc1)c1ccc(Cl)cc1F. The van der Waals surface area contributed by atoms with Crippen LogP contribution in [0.2, 0.25) is 5.02 Å². The highest BCUT2D eigenvalue weighted by Gasteiger charge is 2.31. The first-order chi connectivity index (χ1) is 18.3. The van der Waals surface area contributed by atoms with Gasteiger partial charge in [0.25, 0.3) is 0 Å². The number of rotatable bonds is 7. The van der Waals surface area contributed by atoms with E-state index in [0.717, 1.165) is 41.4 Å². The van der Waals surface area contributed by atoms with Gasteiger partial charge in [-0.1, -0.05) is 54.1 Å². The fourth-order valence-corrected chi connectivity index (χ4v) is 5.04. The highest BCUT2D eigenvalue weighted by Crippen LogP contribution is 2.42. The summed E-state index contributed by atoms with van der Waals surface area (Å²) in [6.45, 7) is 1.53. The second kappa shape index (κ2) is 10.9. The summed E-state index contributed by atoms with van der Waals surface area (Å²) in [6, 6.07) is 19.8. The lowest BCUT2D eigenvalue weighted by Gasteiger charge is -2.16. The second-order valence-corrected chi connectivity index (χ2v) is 10.3. The van der Waals surface area contributed by atoms with E-state index in [1.54, 1.807) is 12.1 Å². The quantitative estimate of drug-likeness (QED) is 0.184. The van der Waals surface area contributed by atoms with E-state index >= 15 is 0 Å². The predicted molar refractivity (Wildman–Crippen MR) is 143 cm³/mol. The summed E-state index contributed by atoms with van der Waals surface area (Å²) in [6.07, 6.45) is -0.0328.